The number of nitrogens with one attached hydrogen (secondary N) is 1. The number of carbonyl (C=O) groups is 2. The van der Waals surface area contributed by atoms with E-state index in [0.29, 0.717) is 6.61 Å². The third kappa shape index (κ3) is 4.84. The second kappa shape index (κ2) is 8.96. The van der Waals surface area contributed by atoms with E-state index in [0.717, 1.165) is 26.4 Å². The van der Waals surface area contributed by atoms with Crippen molar-refractivity contribution in [2.45, 2.75) is 18.9 Å². The van der Waals surface area contributed by atoms with E-state index in [1.807, 2.05) is 0 Å². The van der Waals surface area contributed by atoms with E-state index in [4.69, 9.17) is 4.74 Å². The summed E-state index contributed by atoms with van der Waals surface area (Å²) in [5, 5.41) is 6.33. The molecule has 2 aromatic heterocycles. The fraction of sp³-hybridized carbons (Fsp3) is 0.263. The van der Waals surface area contributed by atoms with Gasteiger partial charge in [-0.3, -0.25) is 9.59 Å². The summed E-state index contributed by atoms with van der Waals surface area (Å²) in [5.74, 6) is -0.527. The topological polar surface area (TPSA) is 81.2 Å². The lowest BCUT2D eigenvalue weighted by atomic mass is 10.1. The molecule has 0 radical (unpaired) electrons. The van der Waals surface area contributed by atoms with E-state index >= 15 is 0 Å². The Bertz CT molecular complexity index is 954. The van der Waals surface area contributed by atoms with Gasteiger partial charge in [0.15, 0.2) is 0 Å². The van der Waals surface area contributed by atoms with Crippen molar-refractivity contribution in [1.82, 2.24) is 15.3 Å². The molecule has 6 nitrogen and oxygen atoms in total. The third-order valence-electron chi connectivity index (χ3n) is 3.77. The van der Waals surface area contributed by atoms with E-state index in [1.165, 1.54) is 23.7 Å². The number of amides is 1. The number of thioether (sulfide) groups is 1. The van der Waals surface area contributed by atoms with Crippen LogP contribution in [0.4, 0.5) is 0 Å². The lowest BCUT2D eigenvalue weighted by Gasteiger charge is -2.07. The van der Waals surface area contributed by atoms with Gasteiger partial charge in [0, 0.05) is 10.9 Å². The predicted octanol–water partition coefficient (Wildman–Crippen LogP) is 3.44. The first kappa shape index (κ1) is 19.3. The van der Waals surface area contributed by atoms with Crippen LogP contribution in [0.1, 0.15) is 12.5 Å². The first-order valence-corrected chi connectivity index (χ1v) is 10.3. The minimum absolute atomic E-state index is 0.126. The molecule has 1 aromatic carbocycles. The smallest absolute Gasteiger partial charge is 0.325 e. The number of rotatable bonds is 7. The Morgan fingerprint density at radius 3 is 2.74 bits per heavy atom. The number of fused-ring (bicyclic) bond motifs is 1. The van der Waals surface area contributed by atoms with Crippen LogP contribution in [-0.2, 0) is 14.3 Å². The molecule has 3 aromatic rings. The average molecular weight is 402 g/mol. The van der Waals surface area contributed by atoms with E-state index in [9.17, 15) is 9.59 Å². The van der Waals surface area contributed by atoms with Gasteiger partial charge in [-0.05, 0) is 19.4 Å². The van der Waals surface area contributed by atoms with Crippen LogP contribution in [0.25, 0.3) is 21.3 Å². The first-order chi connectivity index (χ1) is 13.1. The van der Waals surface area contributed by atoms with Gasteiger partial charge >= 0.3 is 5.97 Å². The molecule has 8 heteroatoms. The molecule has 0 fully saturated rings. The largest absolute Gasteiger partial charge is 0.465 e. The van der Waals surface area contributed by atoms with Gasteiger partial charge < -0.3 is 10.1 Å². The first-order valence-electron chi connectivity index (χ1n) is 8.43. The van der Waals surface area contributed by atoms with Gasteiger partial charge in [-0.2, -0.15) is 0 Å². The van der Waals surface area contributed by atoms with Crippen molar-refractivity contribution in [1.29, 1.82) is 0 Å². The molecule has 0 unspecified atom stereocenters. The zero-order valence-electron chi connectivity index (χ0n) is 15.0. The van der Waals surface area contributed by atoms with E-state index in [2.05, 4.69) is 51.9 Å². The number of nitrogens with zero attached hydrogens (tertiary/aromatic N) is 2. The van der Waals surface area contributed by atoms with Crippen LogP contribution in [-0.4, -0.2) is 40.7 Å². The van der Waals surface area contributed by atoms with Crippen LogP contribution in [0.15, 0.2) is 41.0 Å². The SMILES string of the molecule is CCOC(=O)CNC(=O)CSc1ncnc2scc(-c3ccc(C)cc3)c12. The van der Waals surface area contributed by atoms with E-state index in [-0.39, 0.29) is 18.2 Å². The number of hydrogen-bond donors (Lipinski definition) is 1. The molecule has 0 saturated carbocycles. The molecule has 0 aliphatic rings. The highest BCUT2D eigenvalue weighted by molar-refractivity contribution is 8.00. The molecule has 0 atom stereocenters. The van der Waals surface area contributed by atoms with Crippen LogP contribution in [0.2, 0.25) is 0 Å². The van der Waals surface area contributed by atoms with Crippen molar-refractivity contribution < 1.29 is 14.3 Å². The summed E-state index contributed by atoms with van der Waals surface area (Å²) in [5.41, 5.74) is 3.35. The highest BCUT2D eigenvalue weighted by atomic mass is 32.2. The molecular formula is C19H19N3O3S2. The monoisotopic (exact) mass is 401 g/mol. The number of carbonyl (C=O) groups excluding carboxylic acids is 2. The number of aromatic nitrogens is 2. The van der Waals surface area contributed by atoms with Crippen molar-refractivity contribution in [3.05, 3.63) is 41.5 Å². The van der Waals surface area contributed by atoms with Crippen LogP contribution >= 0.6 is 23.1 Å². The fourth-order valence-electron chi connectivity index (χ4n) is 2.47. The van der Waals surface area contributed by atoms with Gasteiger partial charge in [-0.15, -0.1) is 11.3 Å². The average Bonchev–Trinajstić information content (AvgIpc) is 3.10. The Morgan fingerprint density at radius 2 is 2.00 bits per heavy atom. The molecule has 0 spiro atoms. The quantitative estimate of drug-likeness (QED) is 0.371. The molecule has 140 valence electrons. The molecule has 0 saturated heterocycles. The highest BCUT2D eigenvalue weighted by Gasteiger charge is 2.15. The van der Waals surface area contributed by atoms with Crippen molar-refractivity contribution in [2.75, 3.05) is 18.9 Å². The number of hydrogen-bond acceptors (Lipinski definition) is 7. The van der Waals surface area contributed by atoms with Gasteiger partial charge in [0.05, 0.1) is 17.7 Å². The molecular weight excluding hydrogens is 382 g/mol. The standard InChI is InChI=1S/C19H19N3O3S2/c1-3-25-16(24)8-20-15(23)10-27-19-17-14(9-26-18(17)21-11-22-19)13-6-4-12(2)5-7-13/h4-7,9,11H,3,8,10H2,1-2H3,(H,20,23). The summed E-state index contributed by atoms with van der Waals surface area (Å²) in [6.45, 7) is 3.94. The van der Waals surface area contributed by atoms with Crippen LogP contribution < -0.4 is 5.32 Å². The summed E-state index contributed by atoms with van der Waals surface area (Å²) in [6.07, 6.45) is 1.51. The summed E-state index contributed by atoms with van der Waals surface area (Å²) < 4.78 is 4.80. The van der Waals surface area contributed by atoms with Crippen molar-refractivity contribution in [3.8, 4) is 11.1 Å². The molecule has 0 aliphatic heterocycles. The van der Waals surface area contributed by atoms with Crippen LogP contribution in [0.3, 0.4) is 0 Å². The molecule has 27 heavy (non-hydrogen) atoms. The molecule has 0 aliphatic carbocycles. The lowest BCUT2D eigenvalue weighted by molar-refractivity contribution is -0.143. The van der Waals surface area contributed by atoms with Gasteiger partial charge in [-0.1, -0.05) is 41.6 Å². The van der Waals surface area contributed by atoms with Crippen molar-refractivity contribution in [2.24, 2.45) is 0 Å². The Labute approximate surface area is 165 Å². The normalized spacial score (nSPS) is 10.7. The Balaban J connectivity index is 1.75. The minimum atomic E-state index is -0.445. The van der Waals surface area contributed by atoms with Crippen molar-refractivity contribution in [3.63, 3.8) is 0 Å². The zero-order chi connectivity index (χ0) is 19.2. The van der Waals surface area contributed by atoms with E-state index < -0.39 is 5.97 Å². The third-order valence-corrected chi connectivity index (χ3v) is 5.65. The summed E-state index contributed by atoms with van der Waals surface area (Å²) >= 11 is 2.89. The molecule has 1 N–H and O–H groups in total. The molecule has 0 bridgehead atoms. The zero-order valence-corrected chi connectivity index (χ0v) is 16.7. The summed E-state index contributed by atoms with van der Waals surface area (Å²) in [7, 11) is 0. The molecule has 1 amide bonds. The maximum absolute atomic E-state index is 12.0. The van der Waals surface area contributed by atoms with Gasteiger partial charge in [0.1, 0.15) is 22.7 Å². The molecule has 3 rings (SSSR count). The summed E-state index contributed by atoms with van der Waals surface area (Å²) in [4.78, 5) is 32.9. The van der Waals surface area contributed by atoms with E-state index in [1.54, 1.807) is 18.3 Å². The lowest BCUT2D eigenvalue weighted by Crippen LogP contribution is -2.31. The van der Waals surface area contributed by atoms with Gasteiger partial charge in [0.25, 0.3) is 0 Å². The number of thiophene rings is 1. The van der Waals surface area contributed by atoms with Crippen molar-refractivity contribution >= 4 is 45.2 Å². The minimum Gasteiger partial charge on any atom is -0.465 e. The maximum atomic E-state index is 12.0. The Hall–Kier alpha value is -2.45. The maximum Gasteiger partial charge on any atom is 0.325 e. The van der Waals surface area contributed by atoms with Crippen LogP contribution in [0, 0.1) is 6.92 Å². The van der Waals surface area contributed by atoms with Gasteiger partial charge in [-0.25, -0.2) is 9.97 Å². The number of ether oxygens (including phenoxy) is 1. The second-order valence-corrected chi connectivity index (χ2v) is 7.57. The number of esters is 1. The van der Waals surface area contributed by atoms with Crippen LogP contribution in [0.5, 0.6) is 0 Å². The Morgan fingerprint density at radius 1 is 1.22 bits per heavy atom. The Kier molecular flexibility index (Phi) is 6.41. The fourth-order valence-corrected chi connectivity index (χ4v) is 4.29. The van der Waals surface area contributed by atoms with Gasteiger partial charge in [0.2, 0.25) is 5.91 Å². The predicted molar refractivity (Wildman–Crippen MR) is 108 cm³/mol. The second-order valence-electron chi connectivity index (χ2n) is 5.74. The highest BCUT2D eigenvalue weighted by Crippen LogP contribution is 2.37. The number of benzene rings is 1. The molecule has 2 heterocycles. The number of aryl methyl sites for hydroxylation is 1. The summed E-state index contributed by atoms with van der Waals surface area (Å²) in [6, 6.07) is 8.28.